The Hall–Kier alpha value is -1.55. The maximum Gasteiger partial charge on any atom is 0.165 e. The summed E-state index contributed by atoms with van der Waals surface area (Å²) in [6.45, 7) is 0.864. The monoisotopic (exact) mass is 222 g/mol. The third-order valence-electron chi connectivity index (χ3n) is 1.75. The fourth-order valence-corrected chi connectivity index (χ4v) is 1.81. The summed E-state index contributed by atoms with van der Waals surface area (Å²) in [4.78, 5) is 13.5. The van der Waals surface area contributed by atoms with Gasteiger partial charge in [-0.05, 0) is 29.8 Å². The molecule has 0 bridgehead atoms. The summed E-state index contributed by atoms with van der Waals surface area (Å²) in [7, 11) is 1.97. The molecule has 0 saturated heterocycles. The van der Waals surface area contributed by atoms with Crippen molar-refractivity contribution in [3.05, 3.63) is 46.4 Å². The molecule has 0 aliphatic heterocycles. The van der Waals surface area contributed by atoms with Gasteiger partial charge in [-0.1, -0.05) is 6.07 Å². The molecule has 0 unspecified atom stereocenters. The number of hydrogen-bond acceptors (Lipinski definition) is 4. The van der Waals surface area contributed by atoms with Crippen LogP contribution < -0.4 is 5.73 Å². The van der Waals surface area contributed by atoms with Crippen LogP contribution in [0, 0.1) is 0 Å². The van der Waals surface area contributed by atoms with Gasteiger partial charge in [0.1, 0.15) is 0 Å². The van der Waals surface area contributed by atoms with E-state index in [-0.39, 0.29) is 5.70 Å². The second-order valence-corrected chi connectivity index (χ2v) is 4.15. The van der Waals surface area contributed by atoms with E-state index < -0.39 is 0 Å². The van der Waals surface area contributed by atoms with Crippen molar-refractivity contribution >= 4 is 17.6 Å². The lowest BCUT2D eigenvalue weighted by Crippen LogP contribution is -2.08. The highest BCUT2D eigenvalue weighted by atomic mass is 32.1. The van der Waals surface area contributed by atoms with Gasteiger partial charge in [-0.15, -0.1) is 11.3 Å². The minimum Gasteiger partial charge on any atom is -0.396 e. The van der Waals surface area contributed by atoms with Crippen LogP contribution in [0.4, 0.5) is 0 Å². The molecule has 0 radical (unpaired) electrons. The molecule has 0 aromatic carbocycles. The lowest BCUT2D eigenvalue weighted by molar-refractivity contribution is -0.104. The molecular formula is C11H14N2OS. The van der Waals surface area contributed by atoms with Gasteiger partial charge in [-0.3, -0.25) is 4.79 Å². The van der Waals surface area contributed by atoms with Crippen LogP contribution in [0.2, 0.25) is 0 Å². The first-order valence-corrected chi connectivity index (χ1v) is 5.42. The van der Waals surface area contributed by atoms with Gasteiger partial charge < -0.3 is 10.6 Å². The Balaban J connectivity index is 2.42. The Labute approximate surface area is 93.5 Å². The van der Waals surface area contributed by atoms with Crippen molar-refractivity contribution in [3.63, 3.8) is 0 Å². The Morgan fingerprint density at radius 1 is 1.67 bits per heavy atom. The van der Waals surface area contributed by atoms with Crippen LogP contribution in [0.5, 0.6) is 0 Å². The van der Waals surface area contributed by atoms with E-state index in [1.807, 2.05) is 24.2 Å². The molecule has 0 spiro atoms. The van der Waals surface area contributed by atoms with Crippen molar-refractivity contribution in [2.75, 3.05) is 7.05 Å². The number of carbonyl (C=O) groups is 1. The summed E-state index contributed by atoms with van der Waals surface area (Å²) in [6.07, 6.45) is 5.86. The van der Waals surface area contributed by atoms with Gasteiger partial charge in [0.25, 0.3) is 0 Å². The van der Waals surface area contributed by atoms with E-state index in [2.05, 4.69) is 11.4 Å². The molecule has 1 aromatic heterocycles. The number of hydrogen-bond donors (Lipinski definition) is 1. The van der Waals surface area contributed by atoms with Crippen LogP contribution in [-0.4, -0.2) is 18.2 Å². The lowest BCUT2D eigenvalue weighted by Gasteiger charge is -2.11. The van der Waals surface area contributed by atoms with Crippen LogP contribution in [0.1, 0.15) is 4.88 Å². The number of rotatable bonds is 5. The Kier molecular flexibility index (Phi) is 4.63. The summed E-state index contributed by atoms with van der Waals surface area (Å²) in [5.41, 5.74) is 5.55. The quantitative estimate of drug-likeness (QED) is 0.469. The molecule has 15 heavy (non-hydrogen) atoms. The minimum atomic E-state index is 0.232. The highest BCUT2D eigenvalue weighted by molar-refractivity contribution is 7.09. The molecule has 80 valence electrons. The Bertz CT molecular complexity index is 355. The van der Waals surface area contributed by atoms with Gasteiger partial charge in [0.05, 0.1) is 12.2 Å². The third-order valence-corrected chi connectivity index (χ3v) is 2.61. The van der Waals surface area contributed by atoms with Gasteiger partial charge in [0.2, 0.25) is 0 Å². The first-order valence-electron chi connectivity index (χ1n) is 4.54. The van der Waals surface area contributed by atoms with Crippen molar-refractivity contribution < 1.29 is 4.79 Å². The second kappa shape index (κ2) is 6.03. The smallest absolute Gasteiger partial charge is 0.165 e. The predicted molar refractivity (Wildman–Crippen MR) is 63.3 cm³/mol. The third kappa shape index (κ3) is 4.46. The van der Waals surface area contributed by atoms with E-state index in [1.54, 1.807) is 23.5 Å². The Morgan fingerprint density at radius 2 is 2.47 bits per heavy atom. The summed E-state index contributed by atoms with van der Waals surface area (Å²) < 4.78 is 0. The maximum atomic E-state index is 10.2. The second-order valence-electron chi connectivity index (χ2n) is 3.12. The number of thiophene rings is 1. The van der Waals surface area contributed by atoms with Gasteiger partial charge in [0, 0.05) is 11.9 Å². The van der Waals surface area contributed by atoms with Crippen LogP contribution in [0.15, 0.2) is 41.6 Å². The molecular weight excluding hydrogens is 208 g/mol. The van der Waals surface area contributed by atoms with Crippen molar-refractivity contribution in [2.45, 2.75) is 6.54 Å². The summed E-state index contributed by atoms with van der Waals surface area (Å²) >= 11 is 1.72. The standard InChI is InChI=1S/C11H14N2OS/c1-13(6-2-4-10(12)9-14)8-11-5-3-7-15-11/h2-7,9H,8,12H2,1H3/b6-2-,10-4+. The zero-order chi connectivity index (χ0) is 11.1. The van der Waals surface area contributed by atoms with E-state index in [9.17, 15) is 4.79 Å². The first kappa shape index (κ1) is 11.5. The first-order chi connectivity index (χ1) is 7.22. The van der Waals surface area contributed by atoms with Crippen molar-refractivity contribution in [1.82, 2.24) is 4.90 Å². The van der Waals surface area contributed by atoms with Gasteiger partial charge >= 0.3 is 0 Å². The highest BCUT2D eigenvalue weighted by Gasteiger charge is 1.94. The van der Waals surface area contributed by atoms with E-state index in [0.717, 1.165) is 6.54 Å². The van der Waals surface area contributed by atoms with Gasteiger partial charge in [-0.2, -0.15) is 0 Å². The fraction of sp³-hybridized carbons (Fsp3) is 0.182. The zero-order valence-corrected chi connectivity index (χ0v) is 9.41. The van der Waals surface area contributed by atoms with Gasteiger partial charge in [0.15, 0.2) is 6.29 Å². The molecule has 4 heteroatoms. The molecule has 0 aliphatic rings. The molecule has 1 aromatic rings. The molecule has 2 N–H and O–H groups in total. The molecule has 0 saturated carbocycles. The SMILES string of the molecule is CN(/C=C\C=C(\N)C=O)Cc1cccs1. The minimum absolute atomic E-state index is 0.232. The average Bonchev–Trinajstić information content (AvgIpc) is 2.70. The number of carbonyl (C=O) groups excluding carboxylic acids is 1. The number of nitrogens with two attached hydrogens (primary N) is 1. The average molecular weight is 222 g/mol. The van der Waals surface area contributed by atoms with Crippen molar-refractivity contribution in [3.8, 4) is 0 Å². The summed E-state index contributed by atoms with van der Waals surface area (Å²) in [6, 6.07) is 4.12. The summed E-state index contributed by atoms with van der Waals surface area (Å²) in [5.74, 6) is 0. The Morgan fingerprint density at radius 3 is 3.07 bits per heavy atom. The van der Waals surface area contributed by atoms with Crippen LogP contribution in [0.25, 0.3) is 0 Å². The summed E-state index contributed by atoms with van der Waals surface area (Å²) in [5, 5.41) is 2.05. The molecule has 0 fully saturated rings. The highest BCUT2D eigenvalue weighted by Crippen LogP contribution is 2.10. The largest absolute Gasteiger partial charge is 0.396 e. The molecule has 0 amide bonds. The van der Waals surface area contributed by atoms with Crippen LogP contribution in [-0.2, 0) is 11.3 Å². The molecule has 0 aliphatic carbocycles. The molecule has 1 heterocycles. The van der Waals surface area contributed by atoms with Crippen LogP contribution in [0.3, 0.4) is 0 Å². The zero-order valence-electron chi connectivity index (χ0n) is 8.59. The lowest BCUT2D eigenvalue weighted by atomic mass is 10.4. The van der Waals surface area contributed by atoms with Gasteiger partial charge in [-0.25, -0.2) is 0 Å². The predicted octanol–water partition coefficient (Wildman–Crippen LogP) is 1.74. The normalized spacial score (nSPS) is 11.9. The van der Waals surface area contributed by atoms with E-state index in [4.69, 9.17) is 5.73 Å². The number of nitrogens with zero attached hydrogens (tertiary/aromatic N) is 1. The maximum absolute atomic E-state index is 10.2. The van der Waals surface area contributed by atoms with E-state index in [1.165, 1.54) is 4.88 Å². The van der Waals surface area contributed by atoms with E-state index >= 15 is 0 Å². The number of allylic oxidation sites excluding steroid dienone is 3. The molecule has 0 atom stereocenters. The van der Waals surface area contributed by atoms with Crippen molar-refractivity contribution in [1.29, 1.82) is 0 Å². The number of aldehydes is 1. The molecule has 3 nitrogen and oxygen atoms in total. The topological polar surface area (TPSA) is 46.3 Å². The van der Waals surface area contributed by atoms with Crippen molar-refractivity contribution in [2.24, 2.45) is 5.73 Å². The van der Waals surface area contributed by atoms with E-state index in [0.29, 0.717) is 6.29 Å². The fourth-order valence-electron chi connectivity index (χ4n) is 1.04. The van der Waals surface area contributed by atoms with Crippen LogP contribution >= 0.6 is 11.3 Å². The molecule has 1 rings (SSSR count).